The highest BCUT2D eigenvalue weighted by Crippen LogP contribution is 2.11. The van der Waals surface area contributed by atoms with E-state index in [2.05, 4.69) is 4.98 Å². The summed E-state index contributed by atoms with van der Waals surface area (Å²) in [5.74, 6) is 0. The molecule has 0 spiro atoms. The third-order valence-corrected chi connectivity index (χ3v) is 1.80. The van der Waals surface area contributed by atoms with Crippen LogP contribution >= 0.6 is 24.0 Å². The van der Waals surface area contributed by atoms with Crippen molar-refractivity contribution in [2.45, 2.75) is 10.9 Å². The minimum Gasteiger partial charge on any atom is -0.325 e. The molecule has 0 unspecified atom stereocenters. The summed E-state index contributed by atoms with van der Waals surface area (Å²) in [4.78, 5) is 3.94. The molecule has 0 aliphatic carbocycles. The molecule has 0 saturated carbocycles. The molecule has 0 aliphatic rings. The number of thiazole rings is 1. The zero-order valence-corrected chi connectivity index (χ0v) is 5.76. The molecule has 8 heavy (non-hydrogen) atoms. The van der Waals surface area contributed by atoms with E-state index in [9.17, 15) is 0 Å². The Kier molecular flexibility index (Phi) is 1.77. The van der Waals surface area contributed by atoms with Gasteiger partial charge in [-0.05, 0) is 12.6 Å². The number of nitrogens with zero attached hydrogens (tertiary/aromatic N) is 1. The molecule has 0 aliphatic heterocycles. The van der Waals surface area contributed by atoms with Gasteiger partial charge in [-0.1, -0.05) is 0 Å². The van der Waals surface area contributed by atoms with Crippen LogP contribution < -0.4 is 5.73 Å². The van der Waals surface area contributed by atoms with Gasteiger partial charge in [-0.15, -0.1) is 11.3 Å². The zero-order valence-electron chi connectivity index (χ0n) is 4.13. The maximum atomic E-state index is 5.26. The van der Waals surface area contributed by atoms with E-state index in [0.717, 1.165) is 5.69 Å². The number of hydrogen-bond acceptors (Lipinski definition) is 3. The van der Waals surface area contributed by atoms with E-state index < -0.39 is 0 Å². The van der Waals surface area contributed by atoms with Crippen LogP contribution in [-0.2, 0) is 6.54 Å². The second-order valence-corrected chi connectivity index (χ2v) is 2.81. The molecule has 1 heterocycles. The van der Waals surface area contributed by atoms with Crippen LogP contribution in [0.4, 0.5) is 0 Å². The Labute approximate surface area is 57.2 Å². The minimum atomic E-state index is 0.493. The second kappa shape index (κ2) is 2.39. The third kappa shape index (κ3) is 1.15. The van der Waals surface area contributed by atoms with Crippen LogP contribution in [0.1, 0.15) is 5.69 Å². The Hall–Kier alpha value is -0.190. The first kappa shape index (κ1) is 5.94. The normalized spacial score (nSPS) is 9.62. The molecule has 4 heteroatoms. The van der Waals surface area contributed by atoms with Crippen molar-refractivity contribution in [2.75, 3.05) is 0 Å². The van der Waals surface area contributed by atoms with E-state index in [4.69, 9.17) is 18.4 Å². The van der Waals surface area contributed by atoms with Gasteiger partial charge in [-0.25, -0.2) is 4.98 Å². The quantitative estimate of drug-likeness (QED) is 0.644. The van der Waals surface area contributed by atoms with Crippen LogP contribution in [0, 0.1) is 0 Å². The summed E-state index contributed by atoms with van der Waals surface area (Å²) in [5.41, 5.74) is 6.15. The lowest BCUT2D eigenvalue weighted by atomic mass is 10.5. The van der Waals surface area contributed by atoms with Gasteiger partial charge in [0.2, 0.25) is 0 Å². The Balaban J connectivity index is 2.84. The van der Waals surface area contributed by atoms with Crippen LogP contribution in [-0.4, -0.2) is 4.98 Å². The van der Waals surface area contributed by atoms with E-state index in [-0.39, 0.29) is 0 Å². The van der Waals surface area contributed by atoms with Gasteiger partial charge in [0.15, 0.2) is 4.34 Å². The molecule has 43 valence electrons. The smallest absolute Gasteiger partial charge is 0.180 e. The van der Waals surface area contributed by atoms with Crippen LogP contribution in [0.5, 0.6) is 0 Å². The van der Waals surface area contributed by atoms with Gasteiger partial charge >= 0.3 is 0 Å². The number of aromatic nitrogens is 1. The molecule has 1 rings (SSSR count). The predicted octanol–water partition coefficient (Wildman–Crippen LogP) is 1.16. The molecule has 0 aromatic carbocycles. The summed E-state index contributed by atoms with van der Waals surface area (Å²) in [5, 5.41) is 1.88. The molecule has 2 N–H and O–H groups in total. The van der Waals surface area contributed by atoms with Crippen LogP contribution in [0.25, 0.3) is 0 Å². The number of rotatable bonds is 1. The summed E-state index contributed by atoms with van der Waals surface area (Å²) in [7, 11) is 0. The van der Waals surface area contributed by atoms with Crippen LogP contribution in [0.3, 0.4) is 0 Å². The molecule has 0 atom stereocenters. The summed E-state index contributed by atoms with van der Waals surface area (Å²) < 4.78 is 0.672. The molecule has 0 amide bonds. The van der Waals surface area contributed by atoms with Crippen molar-refractivity contribution in [3.8, 4) is 0 Å². The summed E-state index contributed by atoms with van der Waals surface area (Å²) in [6, 6.07) is 0. The van der Waals surface area contributed by atoms with Gasteiger partial charge in [-0.3, -0.25) is 0 Å². The average Bonchev–Trinajstić information content (AvgIpc) is 2.14. The maximum absolute atomic E-state index is 5.26. The van der Waals surface area contributed by atoms with Gasteiger partial charge in [0.1, 0.15) is 0 Å². The first-order chi connectivity index (χ1) is 3.83. The summed E-state index contributed by atoms with van der Waals surface area (Å²) >= 11 is 6.20. The lowest BCUT2D eigenvalue weighted by Gasteiger charge is -1.79. The highest BCUT2D eigenvalue weighted by molar-refractivity contribution is 7.82. The number of nitrogens with two attached hydrogens (primary N) is 1. The fourth-order valence-electron chi connectivity index (χ4n) is 0.382. The van der Waals surface area contributed by atoms with Crippen molar-refractivity contribution in [1.82, 2.24) is 4.98 Å². The average molecular weight is 145 g/mol. The maximum Gasteiger partial charge on any atom is 0.180 e. The van der Waals surface area contributed by atoms with Gasteiger partial charge in [-0.2, -0.15) is 0 Å². The molecule has 1 aromatic rings. The monoisotopic (exact) mass is 145 g/mol. The van der Waals surface area contributed by atoms with Gasteiger partial charge < -0.3 is 5.73 Å². The summed E-state index contributed by atoms with van der Waals surface area (Å²) in [6.45, 7) is 0.493. The molecule has 1 aromatic heterocycles. The van der Waals surface area contributed by atoms with Crippen LogP contribution in [0.15, 0.2) is 9.72 Å². The largest absolute Gasteiger partial charge is 0.325 e. The molecule has 0 fully saturated rings. The van der Waals surface area contributed by atoms with Gasteiger partial charge in [0, 0.05) is 11.9 Å². The fourth-order valence-corrected chi connectivity index (χ4v) is 1.20. The van der Waals surface area contributed by atoms with Crippen molar-refractivity contribution in [3.63, 3.8) is 0 Å². The molecular weight excluding hydrogens is 140 g/mol. The lowest BCUT2D eigenvalue weighted by molar-refractivity contribution is 0.985. The molecule has 0 saturated heterocycles. The second-order valence-electron chi connectivity index (χ2n) is 1.31. The van der Waals surface area contributed by atoms with E-state index in [1.54, 1.807) is 0 Å². The van der Waals surface area contributed by atoms with Crippen molar-refractivity contribution < 1.29 is 0 Å². The lowest BCUT2D eigenvalue weighted by Crippen LogP contribution is -1.95. The minimum absolute atomic E-state index is 0.493. The first-order valence-corrected chi connectivity index (χ1v) is 3.43. The van der Waals surface area contributed by atoms with Crippen LogP contribution in [0.2, 0.25) is 0 Å². The van der Waals surface area contributed by atoms with E-state index >= 15 is 0 Å². The predicted molar refractivity (Wildman–Crippen MR) is 35.9 cm³/mol. The molecule has 1 radical (unpaired) electrons. The standard InChI is InChI=1S/C4H5N2S2/c5-1-3-2-8-4(7)6-3/h2H,1,5H2. The van der Waals surface area contributed by atoms with Crippen molar-refractivity contribution in [1.29, 1.82) is 0 Å². The van der Waals surface area contributed by atoms with E-state index in [1.165, 1.54) is 11.3 Å². The molecule has 2 nitrogen and oxygen atoms in total. The van der Waals surface area contributed by atoms with Crippen molar-refractivity contribution >= 4 is 24.0 Å². The Bertz CT molecular complexity index is 172. The van der Waals surface area contributed by atoms with Gasteiger partial charge in [0.25, 0.3) is 0 Å². The summed E-state index contributed by atoms with van der Waals surface area (Å²) in [6.07, 6.45) is 0. The highest BCUT2D eigenvalue weighted by Gasteiger charge is 1.93. The molecule has 0 bridgehead atoms. The first-order valence-electron chi connectivity index (χ1n) is 2.14. The third-order valence-electron chi connectivity index (χ3n) is 0.740. The fraction of sp³-hybridized carbons (Fsp3) is 0.250. The topological polar surface area (TPSA) is 38.9 Å². The van der Waals surface area contributed by atoms with Gasteiger partial charge in [0.05, 0.1) is 5.69 Å². The van der Waals surface area contributed by atoms with Crippen molar-refractivity contribution in [2.24, 2.45) is 5.73 Å². The zero-order chi connectivity index (χ0) is 5.98. The van der Waals surface area contributed by atoms with E-state index in [1.807, 2.05) is 5.38 Å². The van der Waals surface area contributed by atoms with E-state index in [0.29, 0.717) is 10.9 Å². The SMILES string of the molecule is NCc1csc([S])n1. The highest BCUT2D eigenvalue weighted by atomic mass is 32.2. The Morgan fingerprint density at radius 2 is 2.62 bits per heavy atom. The number of hydrogen-bond donors (Lipinski definition) is 1. The Morgan fingerprint density at radius 3 is 2.88 bits per heavy atom. The Morgan fingerprint density at radius 1 is 1.88 bits per heavy atom. The molecular formula is C4H5N2S2. The van der Waals surface area contributed by atoms with Crippen molar-refractivity contribution in [3.05, 3.63) is 11.1 Å².